The van der Waals surface area contributed by atoms with Gasteiger partial charge in [-0.25, -0.2) is 0 Å². The third-order valence-electron chi connectivity index (χ3n) is 2.94. The summed E-state index contributed by atoms with van der Waals surface area (Å²) in [4.78, 5) is 11.9. The third kappa shape index (κ3) is 5.59. The fraction of sp³-hybridized carbons (Fsp3) is 0.533. The molecule has 1 amide bonds. The van der Waals surface area contributed by atoms with Crippen molar-refractivity contribution in [3.8, 4) is 0 Å². The molecule has 20 heavy (non-hydrogen) atoms. The van der Waals surface area contributed by atoms with Gasteiger partial charge in [0.2, 0.25) is 0 Å². The smallest absolute Gasteiger partial charge is 0.251 e. The van der Waals surface area contributed by atoms with Crippen LogP contribution >= 0.6 is 0 Å². The lowest BCUT2D eigenvalue weighted by Gasteiger charge is -2.09. The summed E-state index contributed by atoms with van der Waals surface area (Å²) in [5.41, 5.74) is 2.78. The molecule has 0 radical (unpaired) electrons. The second kappa shape index (κ2) is 9.34. The maximum absolute atomic E-state index is 11.9. The van der Waals surface area contributed by atoms with E-state index in [-0.39, 0.29) is 5.91 Å². The number of rotatable bonds is 9. The lowest BCUT2D eigenvalue weighted by molar-refractivity contribution is 0.0688. The predicted octanol–water partition coefficient (Wildman–Crippen LogP) is 1.82. The second-order valence-corrected chi connectivity index (χ2v) is 4.49. The van der Waals surface area contributed by atoms with Crippen molar-refractivity contribution in [1.29, 1.82) is 0 Å². The summed E-state index contributed by atoms with van der Waals surface area (Å²) in [6.45, 7) is 4.41. The van der Waals surface area contributed by atoms with Crippen LogP contribution in [0, 0.1) is 6.92 Å². The zero-order chi connectivity index (χ0) is 14.8. The van der Waals surface area contributed by atoms with Gasteiger partial charge in [-0.05, 0) is 37.1 Å². The molecular weight excluding hydrogens is 256 g/mol. The Morgan fingerprint density at radius 1 is 1.25 bits per heavy atom. The average molecular weight is 280 g/mol. The monoisotopic (exact) mass is 280 g/mol. The Bertz CT molecular complexity index is 422. The van der Waals surface area contributed by atoms with Gasteiger partial charge in [-0.15, -0.1) is 0 Å². The second-order valence-electron chi connectivity index (χ2n) is 4.49. The molecule has 5 nitrogen and oxygen atoms in total. The zero-order valence-electron chi connectivity index (χ0n) is 12.5. The number of nitrogens with one attached hydrogen (secondary N) is 2. The predicted molar refractivity (Wildman–Crippen MR) is 80.4 cm³/mol. The van der Waals surface area contributed by atoms with Crippen LogP contribution in [-0.2, 0) is 9.47 Å². The Kier molecular flexibility index (Phi) is 7.69. The van der Waals surface area contributed by atoms with Crippen molar-refractivity contribution in [3.05, 3.63) is 29.3 Å². The molecule has 0 unspecified atom stereocenters. The van der Waals surface area contributed by atoms with E-state index < -0.39 is 0 Å². The van der Waals surface area contributed by atoms with Crippen LogP contribution in [-0.4, -0.2) is 46.4 Å². The fourth-order valence-electron chi connectivity index (χ4n) is 1.81. The molecule has 1 aromatic carbocycles. The standard InChI is InChI=1S/C15H24N2O3/c1-12-11-13(5-6-14(12)16-2)15(18)17-7-4-8-20-10-9-19-3/h5-6,11,16H,4,7-10H2,1-3H3,(H,17,18). The van der Waals surface area contributed by atoms with Gasteiger partial charge in [0.1, 0.15) is 0 Å². The van der Waals surface area contributed by atoms with E-state index in [9.17, 15) is 4.79 Å². The van der Waals surface area contributed by atoms with Gasteiger partial charge in [-0.3, -0.25) is 4.79 Å². The van der Waals surface area contributed by atoms with Gasteiger partial charge in [0.15, 0.2) is 0 Å². The number of amides is 1. The summed E-state index contributed by atoms with van der Waals surface area (Å²) in [7, 11) is 3.51. The summed E-state index contributed by atoms with van der Waals surface area (Å²) in [5, 5.41) is 5.96. The van der Waals surface area contributed by atoms with E-state index in [0.29, 0.717) is 31.9 Å². The van der Waals surface area contributed by atoms with E-state index in [1.165, 1.54) is 0 Å². The SMILES string of the molecule is CNc1ccc(C(=O)NCCCOCCOC)cc1C. The van der Waals surface area contributed by atoms with Gasteiger partial charge in [0, 0.05) is 38.6 Å². The molecule has 0 saturated heterocycles. The molecule has 1 rings (SSSR count). The molecule has 0 heterocycles. The van der Waals surface area contributed by atoms with E-state index in [2.05, 4.69) is 10.6 Å². The normalized spacial score (nSPS) is 10.3. The summed E-state index contributed by atoms with van der Waals surface area (Å²) in [6, 6.07) is 5.62. The first-order valence-electron chi connectivity index (χ1n) is 6.82. The highest BCUT2D eigenvalue weighted by molar-refractivity contribution is 5.94. The Labute approximate surface area is 120 Å². The number of carbonyl (C=O) groups excluding carboxylic acids is 1. The summed E-state index contributed by atoms with van der Waals surface area (Å²) in [6.07, 6.45) is 0.795. The molecule has 0 spiro atoms. The first kappa shape index (κ1) is 16.5. The fourth-order valence-corrected chi connectivity index (χ4v) is 1.81. The molecule has 0 aliphatic rings. The van der Waals surface area contributed by atoms with Crippen molar-refractivity contribution in [3.63, 3.8) is 0 Å². The molecule has 0 saturated carbocycles. The highest BCUT2D eigenvalue weighted by atomic mass is 16.5. The first-order valence-corrected chi connectivity index (χ1v) is 6.82. The molecule has 1 aromatic rings. The number of hydrogen-bond acceptors (Lipinski definition) is 4. The minimum absolute atomic E-state index is 0.0485. The molecule has 0 aliphatic heterocycles. The highest BCUT2D eigenvalue weighted by Gasteiger charge is 2.06. The van der Waals surface area contributed by atoms with Crippen LogP contribution in [0.1, 0.15) is 22.3 Å². The lowest BCUT2D eigenvalue weighted by Crippen LogP contribution is -2.25. The lowest BCUT2D eigenvalue weighted by atomic mass is 10.1. The molecule has 0 aliphatic carbocycles. The minimum Gasteiger partial charge on any atom is -0.388 e. The van der Waals surface area contributed by atoms with Crippen molar-refractivity contribution in [1.82, 2.24) is 5.32 Å². The zero-order valence-corrected chi connectivity index (χ0v) is 12.5. The number of methoxy groups -OCH3 is 1. The number of anilines is 1. The van der Waals surface area contributed by atoms with Crippen molar-refractivity contribution in [2.75, 3.05) is 45.8 Å². The Balaban J connectivity index is 2.27. The van der Waals surface area contributed by atoms with Crippen molar-refractivity contribution >= 4 is 11.6 Å². The van der Waals surface area contributed by atoms with Gasteiger partial charge < -0.3 is 20.1 Å². The number of benzene rings is 1. The molecule has 112 valence electrons. The van der Waals surface area contributed by atoms with Gasteiger partial charge in [0.25, 0.3) is 5.91 Å². The quantitative estimate of drug-likeness (QED) is 0.677. The third-order valence-corrected chi connectivity index (χ3v) is 2.94. The Hall–Kier alpha value is -1.59. The van der Waals surface area contributed by atoms with Crippen LogP contribution < -0.4 is 10.6 Å². The maximum Gasteiger partial charge on any atom is 0.251 e. The van der Waals surface area contributed by atoms with Crippen molar-refractivity contribution in [2.45, 2.75) is 13.3 Å². The highest BCUT2D eigenvalue weighted by Crippen LogP contribution is 2.15. The van der Waals surface area contributed by atoms with Crippen LogP contribution in [0.5, 0.6) is 0 Å². The van der Waals surface area contributed by atoms with Crippen LogP contribution in [0.25, 0.3) is 0 Å². The number of carbonyl (C=O) groups is 1. The minimum atomic E-state index is -0.0485. The number of hydrogen-bond donors (Lipinski definition) is 2. The van der Waals surface area contributed by atoms with Crippen LogP contribution in [0.4, 0.5) is 5.69 Å². The van der Waals surface area contributed by atoms with E-state index in [1.807, 2.05) is 32.2 Å². The van der Waals surface area contributed by atoms with Crippen LogP contribution in [0.3, 0.4) is 0 Å². The Morgan fingerprint density at radius 3 is 2.70 bits per heavy atom. The van der Waals surface area contributed by atoms with E-state index in [0.717, 1.165) is 17.7 Å². The van der Waals surface area contributed by atoms with Crippen molar-refractivity contribution < 1.29 is 14.3 Å². The molecule has 0 bridgehead atoms. The number of aryl methyl sites for hydroxylation is 1. The van der Waals surface area contributed by atoms with E-state index >= 15 is 0 Å². The largest absolute Gasteiger partial charge is 0.388 e. The molecule has 2 N–H and O–H groups in total. The van der Waals surface area contributed by atoms with Gasteiger partial charge in [0.05, 0.1) is 13.2 Å². The van der Waals surface area contributed by atoms with Crippen LogP contribution in [0.15, 0.2) is 18.2 Å². The summed E-state index contributed by atoms with van der Waals surface area (Å²) >= 11 is 0. The molecule has 0 aromatic heterocycles. The summed E-state index contributed by atoms with van der Waals surface area (Å²) in [5.74, 6) is -0.0485. The Morgan fingerprint density at radius 2 is 2.05 bits per heavy atom. The average Bonchev–Trinajstić information content (AvgIpc) is 2.46. The maximum atomic E-state index is 11.9. The van der Waals surface area contributed by atoms with E-state index in [4.69, 9.17) is 9.47 Å². The van der Waals surface area contributed by atoms with Gasteiger partial charge >= 0.3 is 0 Å². The summed E-state index contributed by atoms with van der Waals surface area (Å²) < 4.78 is 10.2. The van der Waals surface area contributed by atoms with Gasteiger partial charge in [-0.2, -0.15) is 0 Å². The number of ether oxygens (including phenoxy) is 2. The van der Waals surface area contributed by atoms with E-state index in [1.54, 1.807) is 7.11 Å². The van der Waals surface area contributed by atoms with Gasteiger partial charge in [-0.1, -0.05) is 0 Å². The first-order chi connectivity index (χ1) is 9.69. The van der Waals surface area contributed by atoms with Crippen LogP contribution in [0.2, 0.25) is 0 Å². The molecule has 5 heteroatoms. The van der Waals surface area contributed by atoms with Crippen molar-refractivity contribution in [2.24, 2.45) is 0 Å². The molecule has 0 atom stereocenters. The molecule has 0 fully saturated rings. The molecular formula is C15H24N2O3. The topological polar surface area (TPSA) is 59.6 Å².